The van der Waals surface area contributed by atoms with Crippen LogP contribution in [0.5, 0.6) is 0 Å². The predicted octanol–water partition coefficient (Wildman–Crippen LogP) is 1.29. The Morgan fingerprint density at radius 3 is 2.42 bits per heavy atom. The lowest BCUT2D eigenvalue weighted by Gasteiger charge is -2.01. The molecule has 6 heteroatoms. The normalized spacial score (nSPS) is 10.3. The first-order valence-electron chi connectivity index (χ1n) is 3.18. The van der Waals surface area contributed by atoms with E-state index in [4.69, 9.17) is 0 Å². The summed E-state index contributed by atoms with van der Waals surface area (Å²) in [5.41, 5.74) is 0. The van der Waals surface area contributed by atoms with E-state index >= 15 is 0 Å². The van der Waals surface area contributed by atoms with Gasteiger partial charge in [-0.3, -0.25) is 0 Å². The van der Waals surface area contributed by atoms with Crippen LogP contribution >= 0.6 is 0 Å². The van der Waals surface area contributed by atoms with Crippen molar-refractivity contribution in [2.75, 3.05) is 11.9 Å². The third-order valence-corrected chi connectivity index (χ3v) is 1.03. The summed E-state index contributed by atoms with van der Waals surface area (Å²) < 4.78 is 35.4. The molecule has 0 aromatic carbocycles. The highest BCUT2D eigenvalue weighted by Crippen LogP contribution is 1.99. The van der Waals surface area contributed by atoms with Gasteiger partial charge in [0.2, 0.25) is 5.95 Å². The molecule has 0 saturated heterocycles. The first kappa shape index (κ1) is 8.76. The van der Waals surface area contributed by atoms with Crippen molar-refractivity contribution in [2.45, 2.75) is 6.43 Å². The smallest absolute Gasteiger partial charge is 0.255 e. The van der Waals surface area contributed by atoms with Crippen molar-refractivity contribution in [1.82, 2.24) is 9.97 Å². The maximum Gasteiger partial charge on any atom is 0.255 e. The van der Waals surface area contributed by atoms with Crippen molar-refractivity contribution in [3.05, 3.63) is 18.2 Å². The molecule has 1 N–H and O–H groups in total. The second-order valence-corrected chi connectivity index (χ2v) is 2.00. The Hall–Kier alpha value is -1.33. The first-order chi connectivity index (χ1) is 5.68. The van der Waals surface area contributed by atoms with Crippen LogP contribution in [0.4, 0.5) is 19.1 Å². The predicted molar refractivity (Wildman–Crippen MR) is 36.5 cm³/mol. The lowest BCUT2D eigenvalue weighted by Crippen LogP contribution is -2.12. The monoisotopic (exact) mass is 177 g/mol. The van der Waals surface area contributed by atoms with Crippen molar-refractivity contribution in [3.8, 4) is 0 Å². The Bertz CT molecular complexity index is 236. The summed E-state index contributed by atoms with van der Waals surface area (Å²) in [7, 11) is 0. The van der Waals surface area contributed by atoms with Crippen molar-refractivity contribution in [2.24, 2.45) is 0 Å². The van der Waals surface area contributed by atoms with Gasteiger partial charge < -0.3 is 5.32 Å². The molecule has 1 aromatic rings. The van der Waals surface area contributed by atoms with Crippen LogP contribution in [0.15, 0.2) is 12.4 Å². The zero-order valence-corrected chi connectivity index (χ0v) is 5.97. The Morgan fingerprint density at radius 2 is 1.92 bits per heavy atom. The average molecular weight is 177 g/mol. The van der Waals surface area contributed by atoms with Gasteiger partial charge in [-0.15, -0.1) is 0 Å². The molecule has 0 unspecified atom stereocenters. The van der Waals surface area contributed by atoms with E-state index < -0.39 is 18.8 Å². The van der Waals surface area contributed by atoms with Gasteiger partial charge in [0.15, 0.2) is 5.82 Å². The maximum atomic E-state index is 12.2. The maximum absolute atomic E-state index is 12.2. The molecule has 0 saturated carbocycles. The van der Waals surface area contributed by atoms with Gasteiger partial charge in [-0.2, -0.15) is 0 Å². The Labute approximate surface area is 66.6 Å². The van der Waals surface area contributed by atoms with Gasteiger partial charge in [0.05, 0.1) is 18.9 Å². The molecule has 1 aromatic heterocycles. The van der Waals surface area contributed by atoms with Crippen LogP contribution in [0, 0.1) is 5.82 Å². The Kier molecular flexibility index (Phi) is 2.84. The van der Waals surface area contributed by atoms with E-state index in [9.17, 15) is 13.2 Å². The van der Waals surface area contributed by atoms with Crippen LogP contribution in [0.25, 0.3) is 0 Å². The number of anilines is 1. The molecule has 0 amide bonds. The average Bonchev–Trinajstić information content (AvgIpc) is 2.03. The summed E-state index contributed by atoms with van der Waals surface area (Å²) >= 11 is 0. The standard InChI is InChI=1S/C6H6F3N3/c7-4-1-10-6(11-2-4)12-3-5(8)9/h1-2,5H,3H2,(H,10,11,12). The fourth-order valence-electron chi connectivity index (χ4n) is 0.572. The fraction of sp³-hybridized carbons (Fsp3) is 0.333. The summed E-state index contributed by atoms with van der Waals surface area (Å²) in [5, 5.41) is 2.23. The Balaban J connectivity index is 2.48. The van der Waals surface area contributed by atoms with Gasteiger partial charge in [0, 0.05) is 0 Å². The quantitative estimate of drug-likeness (QED) is 0.755. The molecule has 0 radical (unpaired) electrons. The van der Waals surface area contributed by atoms with Crippen molar-refractivity contribution < 1.29 is 13.2 Å². The third-order valence-electron chi connectivity index (χ3n) is 1.03. The highest BCUT2D eigenvalue weighted by atomic mass is 19.3. The molecule has 0 aliphatic rings. The first-order valence-corrected chi connectivity index (χ1v) is 3.18. The van der Waals surface area contributed by atoms with E-state index in [0.717, 1.165) is 12.4 Å². The number of nitrogens with zero attached hydrogens (tertiary/aromatic N) is 2. The second kappa shape index (κ2) is 3.89. The summed E-state index contributed by atoms with van der Waals surface area (Å²) in [4.78, 5) is 6.84. The number of hydrogen-bond acceptors (Lipinski definition) is 3. The van der Waals surface area contributed by atoms with Crippen LogP contribution in [-0.2, 0) is 0 Å². The van der Waals surface area contributed by atoms with Crippen molar-refractivity contribution in [1.29, 1.82) is 0 Å². The zero-order chi connectivity index (χ0) is 8.97. The SMILES string of the molecule is Fc1cnc(NCC(F)F)nc1. The van der Waals surface area contributed by atoms with Crippen LogP contribution in [0.2, 0.25) is 0 Å². The van der Waals surface area contributed by atoms with E-state index in [1.165, 1.54) is 0 Å². The topological polar surface area (TPSA) is 37.8 Å². The molecule has 0 fully saturated rings. The molecule has 0 aliphatic heterocycles. The molecule has 0 bridgehead atoms. The highest BCUT2D eigenvalue weighted by molar-refractivity contribution is 5.22. The molecule has 3 nitrogen and oxygen atoms in total. The van der Waals surface area contributed by atoms with Gasteiger partial charge in [-0.1, -0.05) is 0 Å². The van der Waals surface area contributed by atoms with E-state index in [2.05, 4.69) is 15.3 Å². The zero-order valence-electron chi connectivity index (χ0n) is 5.97. The minimum Gasteiger partial charge on any atom is -0.348 e. The minimum absolute atomic E-state index is 0.00306. The number of rotatable bonds is 3. The number of alkyl halides is 2. The number of hydrogen-bond donors (Lipinski definition) is 1. The van der Waals surface area contributed by atoms with Gasteiger partial charge in [0.25, 0.3) is 6.43 Å². The minimum atomic E-state index is -2.47. The molecular formula is C6H6F3N3. The third kappa shape index (κ3) is 2.73. The highest BCUT2D eigenvalue weighted by Gasteiger charge is 2.02. The summed E-state index contributed by atoms with van der Waals surface area (Å²) in [6, 6.07) is 0. The molecular weight excluding hydrogens is 171 g/mol. The van der Waals surface area contributed by atoms with Crippen molar-refractivity contribution >= 4 is 5.95 Å². The van der Waals surface area contributed by atoms with Gasteiger partial charge in [-0.25, -0.2) is 23.1 Å². The largest absolute Gasteiger partial charge is 0.348 e. The van der Waals surface area contributed by atoms with Gasteiger partial charge >= 0.3 is 0 Å². The second-order valence-electron chi connectivity index (χ2n) is 2.00. The summed E-state index contributed by atoms with van der Waals surface area (Å²) in [6.07, 6.45) is -0.666. The summed E-state index contributed by atoms with van der Waals surface area (Å²) in [5.74, 6) is -0.603. The molecule has 1 heterocycles. The van der Waals surface area contributed by atoms with Crippen molar-refractivity contribution in [3.63, 3.8) is 0 Å². The molecule has 1 rings (SSSR count). The molecule has 12 heavy (non-hydrogen) atoms. The van der Waals surface area contributed by atoms with Crippen LogP contribution in [0.1, 0.15) is 0 Å². The number of aromatic nitrogens is 2. The van der Waals surface area contributed by atoms with E-state index in [1.54, 1.807) is 0 Å². The molecule has 66 valence electrons. The Morgan fingerprint density at radius 1 is 1.33 bits per heavy atom. The lowest BCUT2D eigenvalue weighted by molar-refractivity contribution is 0.163. The summed E-state index contributed by atoms with van der Waals surface area (Å²) in [6.45, 7) is -0.536. The van der Waals surface area contributed by atoms with Crippen LogP contribution in [0.3, 0.4) is 0 Å². The van der Waals surface area contributed by atoms with Gasteiger partial charge in [0.1, 0.15) is 0 Å². The van der Waals surface area contributed by atoms with E-state index in [0.29, 0.717) is 0 Å². The van der Waals surface area contributed by atoms with Gasteiger partial charge in [-0.05, 0) is 0 Å². The molecule has 0 atom stereocenters. The fourth-order valence-corrected chi connectivity index (χ4v) is 0.572. The number of halogens is 3. The van der Waals surface area contributed by atoms with Crippen LogP contribution in [-0.4, -0.2) is 22.9 Å². The molecule has 0 aliphatic carbocycles. The van der Waals surface area contributed by atoms with E-state index in [1.807, 2.05) is 0 Å². The molecule has 0 spiro atoms. The van der Waals surface area contributed by atoms with E-state index in [-0.39, 0.29) is 5.95 Å². The lowest BCUT2D eigenvalue weighted by atomic mass is 10.6. The number of nitrogens with one attached hydrogen (secondary N) is 1. The van der Waals surface area contributed by atoms with Crippen LogP contribution < -0.4 is 5.32 Å².